The zero-order chi connectivity index (χ0) is 13.2. The van der Waals surface area contributed by atoms with E-state index in [-0.39, 0.29) is 18.5 Å². The molecule has 1 aromatic rings. The van der Waals surface area contributed by atoms with Gasteiger partial charge in [0, 0.05) is 6.54 Å². The molecule has 2 N–H and O–H groups in total. The lowest BCUT2D eigenvalue weighted by molar-refractivity contribution is -0.120. The molecule has 0 aliphatic heterocycles. The minimum absolute atomic E-state index is 0.0162. The second kappa shape index (κ2) is 8.32. The molecule has 3 heteroatoms. The number of amides is 1. The second-order valence-electron chi connectivity index (χ2n) is 4.15. The zero-order valence-electron chi connectivity index (χ0n) is 10.8. The molecule has 0 fully saturated rings. The zero-order valence-corrected chi connectivity index (χ0v) is 10.8. The van der Waals surface area contributed by atoms with Gasteiger partial charge >= 0.3 is 0 Å². The van der Waals surface area contributed by atoms with Crippen LogP contribution in [0.4, 0.5) is 0 Å². The van der Waals surface area contributed by atoms with E-state index in [1.165, 1.54) is 0 Å². The molecule has 0 aromatic heterocycles. The van der Waals surface area contributed by atoms with Crippen LogP contribution in [0.3, 0.4) is 0 Å². The second-order valence-corrected chi connectivity index (χ2v) is 4.15. The van der Waals surface area contributed by atoms with Gasteiger partial charge < -0.3 is 5.32 Å². The molecular weight excluding hydrogens is 224 g/mol. The van der Waals surface area contributed by atoms with Crippen LogP contribution in [0.1, 0.15) is 25.3 Å². The van der Waals surface area contributed by atoms with Crippen molar-refractivity contribution in [2.75, 3.05) is 6.54 Å². The highest BCUT2D eigenvalue weighted by Gasteiger charge is 2.06. The van der Waals surface area contributed by atoms with Gasteiger partial charge in [0.25, 0.3) is 0 Å². The number of hydrogen-bond acceptors (Lipinski definition) is 2. The fourth-order valence-corrected chi connectivity index (χ4v) is 1.61. The summed E-state index contributed by atoms with van der Waals surface area (Å²) in [4.78, 5) is 11.6. The van der Waals surface area contributed by atoms with E-state index in [0.717, 1.165) is 18.4 Å². The standard InChI is InChI=1S/C15H20N2O/c1-3-8-14(4-2)16-12-15(18)17-11-13-9-6-5-7-10-13/h2,5-7,9-10,14,16H,3,8,11-12H2,1H3,(H,17,18). The molecule has 0 saturated heterocycles. The number of carbonyl (C=O) groups excluding carboxylic acids is 1. The van der Waals surface area contributed by atoms with E-state index < -0.39 is 0 Å². The molecule has 96 valence electrons. The number of hydrogen-bond donors (Lipinski definition) is 2. The highest BCUT2D eigenvalue weighted by Crippen LogP contribution is 1.97. The Labute approximate surface area is 109 Å². The lowest BCUT2D eigenvalue weighted by Gasteiger charge is -2.11. The third-order valence-corrected chi connectivity index (χ3v) is 2.62. The van der Waals surface area contributed by atoms with Crippen molar-refractivity contribution < 1.29 is 4.79 Å². The Kier molecular flexibility index (Phi) is 6.60. The Morgan fingerprint density at radius 3 is 2.72 bits per heavy atom. The molecule has 1 unspecified atom stereocenters. The van der Waals surface area contributed by atoms with Crippen molar-refractivity contribution in [2.24, 2.45) is 0 Å². The number of terminal acetylenes is 1. The fraction of sp³-hybridized carbons (Fsp3) is 0.400. The maximum atomic E-state index is 11.6. The number of benzene rings is 1. The van der Waals surface area contributed by atoms with E-state index in [1.54, 1.807) is 0 Å². The van der Waals surface area contributed by atoms with E-state index in [1.807, 2.05) is 30.3 Å². The van der Waals surface area contributed by atoms with Crippen molar-refractivity contribution in [2.45, 2.75) is 32.4 Å². The predicted octanol–water partition coefficient (Wildman–Crippen LogP) is 1.69. The highest BCUT2D eigenvalue weighted by atomic mass is 16.1. The number of carbonyl (C=O) groups is 1. The first-order valence-corrected chi connectivity index (χ1v) is 6.26. The van der Waals surface area contributed by atoms with Crippen molar-refractivity contribution in [3.8, 4) is 12.3 Å². The molecule has 0 aliphatic carbocycles. The molecule has 0 radical (unpaired) electrons. The first-order chi connectivity index (χ1) is 8.76. The van der Waals surface area contributed by atoms with E-state index in [9.17, 15) is 4.79 Å². The van der Waals surface area contributed by atoms with Gasteiger partial charge in [-0.05, 0) is 12.0 Å². The molecule has 0 saturated carbocycles. The molecule has 0 bridgehead atoms. The largest absolute Gasteiger partial charge is 0.351 e. The summed E-state index contributed by atoms with van der Waals surface area (Å²) in [6.07, 6.45) is 7.26. The predicted molar refractivity (Wildman–Crippen MR) is 73.8 cm³/mol. The van der Waals surface area contributed by atoms with Crippen LogP contribution in [-0.2, 0) is 11.3 Å². The quantitative estimate of drug-likeness (QED) is 0.717. The summed E-state index contributed by atoms with van der Waals surface area (Å²) in [7, 11) is 0. The molecule has 0 spiro atoms. The molecule has 1 atom stereocenters. The maximum absolute atomic E-state index is 11.6. The maximum Gasteiger partial charge on any atom is 0.234 e. The molecular formula is C15H20N2O. The first-order valence-electron chi connectivity index (χ1n) is 6.26. The number of rotatable bonds is 7. The molecule has 1 rings (SSSR count). The van der Waals surface area contributed by atoms with Gasteiger partial charge in [-0.1, -0.05) is 49.6 Å². The Bertz CT molecular complexity index is 395. The summed E-state index contributed by atoms with van der Waals surface area (Å²) in [5.74, 6) is 2.61. The van der Waals surface area contributed by atoms with Gasteiger partial charge in [-0.15, -0.1) is 6.42 Å². The minimum atomic E-state index is -0.0322. The van der Waals surface area contributed by atoms with Gasteiger partial charge in [0.05, 0.1) is 12.6 Å². The van der Waals surface area contributed by atoms with Gasteiger partial charge in [0.2, 0.25) is 5.91 Å². The Balaban J connectivity index is 2.24. The summed E-state index contributed by atoms with van der Waals surface area (Å²) in [5, 5.41) is 5.91. The van der Waals surface area contributed by atoms with Crippen LogP contribution < -0.4 is 10.6 Å². The van der Waals surface area contributed by atoms with Gasteiger partial charge in [0.15, 0.2) is 0 Å². The molecule has 1 amide bonds. The fourth-order valence-electron chi connectivity index (χ4n) is 1.61. The topological polar surface area (TPSA) is 41.1 Å². The molecule has 18 heavy (non-hydrogen) atoms. The van der Waals surface area contributed by atoms with Gasteiger partial charge in [-0.2, -0.15) is 0 Å². The molecule has 3 nitrogen and oxygen atoms in total. The molecule has 0 aliphatic rings. The van der Waals surface area contributed by atoms with Crippen molar-refractivity contribution >= 4 is 5.91 Å². The van der Waals surface area contributed by atoms with Crippen LogP contribution in [0.2, 0.25) is 0 Å². The monoisotopic (exact) mass is 244 g/mol. The Morgan fingerprint density at radius 1 is 1.39 bits per heavy atom. The Morgan fingerprint density at radius 2 is 2.11 bits per heavy atom. The molecule has 0 heterocycles. The summed E-state index contributed by atoms with van der Waals surface area (Å²) in [6, 6.07) is 9.81. The Hall–Kier alpha value is -1.79. The third kappa shape index (κ3) is 5.51. The van der Waals surface area contributed by atoms with E-state index in [4.69, 9.17) is 6.42 Å². The van der Waals surface area contributed by atoms with Crippen LogP contribution in [-0.4, -0.2) is 18.5 Å². The lowest BCUT2D eigenvalue weighted by Crippen LogP contribution is -2.38. The van der Waals surface area contributed by atoms with Crippen LogP contribution in [0.15, 0.2) is 30.3 Å². The smallest absolute Gasteiger partial charge is 0.234 e. The third-order valence-electron chi connectivity index (χ3n) is 2.62. The van der Waals surface area contributed by atoms with Gasteiger partial charge in [-0.3, -0.25) is 10.1 Å². The van der Waals surface area contributed by atoms with E-state index >= 15 is 0 Å². The van der Waals surface area contributed by atoms with E-state index in [2.05, 4.69) is 23.5 Å². The van der Waals surface area contributed by atoms with Crippen molar-refractivity contribution in [3.05, 3.63) is 35.9 Å². The minimum Gasteiger partial charge on any atom is -0.351 e. The van der Waals surface area contributed by atoms with Crippen molar-refractivity contribution in [3.63, 3.8) is 0 Å². The summed E-state index contributed by atoms with van der Waals surface area (Å²) < 4.78 is 0. The summed E-state index contributed by atoms with van der Waals surface area (Å²) in [6.45, 7) is 2.89. The lowest BCUT2D eigenvalue weighted by atomic mass is 10.2. The van der Waals surface area contributed by atoms with Crippen LogP contribution >= 0.6 is 0 Å². The van der Waals surface area contributed by atoms with Crippen LogP contribution in [0.25, 0.3) is 0 Å². The van der Waals surface area contributed by atoms with Crippen LogP contribution in [0, 0.1) is 12.3 Å². The van der Waals surface area contributed by atoms with Gasteiger partial charge in [0.1, 0.15) is 0 Å². The SMILES string of the molecule is C#CC(CCC)NCC(=O)NCc1ccccc1. The van der Waals surface area contributed by atoms with Crippen LogP contribution in [0.5, 0.6) is 0 Å². The number of nitrogens with one attached hydrogen (secondary N) is 2. The van der Waals surface area contributed by atoms with Crippen molar-refractivity contribution in [1.82, 2.24) is 10.6 Å². The van der Waals surface area contributed by atoms with Gasteiger partial charge in [-0.25, -0.2) is 0 Å². The first kappa shape index (κ1) is 14.3. The average Bonchev–Trinajstić information content (AvgIpc) is 2.42. The van der Waals surface area contributed by atoms with Crippen molar-refractivity contribution in [1.29, 1.82) is 0 Å². The average molecular weight is 244 g/mol. The summed E-state index contributed by atoms with van der Waals surface area (Å²) in [5.41, 5.74) is 1.09. The highest BCUT2D eigenvalue weighted by molar-refractivity contribution is 5.78. The van der Waals surface area contributed by atoms with E-state index in [0.29, 0.717) is 6.54 Å². The molecule has 1 aromatic carbocycles. The normalized spacial score (nSPS) is 11.6. The summed E-state index contributed by atoms with van der Waals surface area (Å²) >= 11 is 0.